The Morgan fingerprint density at radius 2 is 1.70 bits per heavy atom. The molecule has 0 bridgehead atoms. The quantitative estimate of drug-likeness (QED) is 0.386. The largest absolute Gasteiger partial charge is 0.345 e. The van der Waals surface area contributed by atoms with Crippen LogP contribution >= 0.6 is 0 Å². The van der Waals surface area contributed by atoms with Gasteiger partial charge in [0, 0.05) is 17.4 Å². The predicted octanol–water partition coefficient (Wildman–Crippen LogP) is 4.33. The summed E-state index contributed by atoms with van der Waals surface area (Å²) >= 11 is 0. The van der Waals surface area contributed by atoms with E-state index in [-0.39, 0.29) is 24.1 Å². The topological polar surface area (TPSA) is 97.6 Å². The van der Waals surface area contributed by atoms with Gasteiger partial charge in [0.25, 0.3) is 5.56 Å². The van der Waals surface area contributed by atoms with E-state index in [9.17, 15) is 9.59 Å². The average molecular weight is 489 g/mol. The molecule has 0 saturated heterocycles. The monoisotopic (exact) mass is 488 g/mol. The first-order valence-electron chi connectivity index (χ1n) is 12.4. The summed E-state index contributed by atoms with van der Waals surface area (Å²) < 4.78 is 3.74. The van der Waals surface area contributed by atoms with Crippen molar-refractivity contribution >= 4 is 38.7 Å². The predicted molar refractivity (Wildman–Crippen MR) is 143 cm³/mol. The van der Waals surface area contributed by atoms with Crippen LogP contribution in [0.4, 0.5) is 0 Å². The molecule has 2 N–H and O–H groups in total. The minimum absolute atomic E-state index is 0.0500. The molecule has 37 heavy (non-hydrogen) atoms. The fourth-order valence-electron chi connectivity index (χ4n) is 5.50. The van der Waals surface area contributed by atoms with Gasteiger partial charge in [0.15, 0.2) is 5.82 Å². The van der Waals surface area contributed by atoms with Gasteiger partial charge in [0.2, 0.25) is 5.91 Å². The molecule has 1 aliphatic heterocycles. The van der Waals surface area contributed by atoms with Gasteiger partial charge in [-0.3, -0.25) is 14.2 Å². The van der Waals surface area contributed by atoms with Crippen molar-refractivity contribution in [3.8, 4) is 11.5 Å². The number of benzene rings is 3. The number of aromatic nitrogens is 5. The third kappa shape index (κ3) is 3.36. The summed E-state index contributed by atoms with van der Waals surface area (Å²) in [4.78, 5) is 39.5. The molecule has 0 aliphatic carbocycles. The van der Waals surface area contributed by atoms with Crippen LogP contribution in [-0.2, 0) is 24.3 Å². The smallest absolute Gasteiger partial charge is 0.261 e. The Bertz CT molecular complexity index is 1880. The van der Waals surface area contributed by atoms with Crippen LogP contribution in [0.25, 0.3) is 44.4 Å². The first-order valence-corrected chi connectivity index (χ1v) is 12.4. The van der Waals surface area contributed by atoms with Crippen LogP contribution in [0.2, 0.25) is 0 Å². The molecule has 1 amide bonds. The summed E-state index contributed by atoms with van der Waals surface area (Å²) in [6.45, 7) is 2.58. The Morgan fingerprint density at radius 1 is 0.973 bits per heavy atom. The summed E-state index contributed by atoms with van der Waals surface area (Å²) in [6, 6.07) is 23.0. The van der Waals surface area contributed by atoms with Crippen LogP contribution in [-0.4, -0.2) is 30.0 Å². The number of amides is 1. The van der Waals surface area contributed by atoms with Gasteiger partial charge >= 0.3 is 0 Å². The van der Waals surface area contributed by atoms with Gasteiger partial charge < -0.3 is 14.9 Å². The summed E-state index contributed by atoms with van der Waals surface area (Å²) in [6.07, 6.45) is 0.701. The lowest BCUT2D eigenvalue weighted by atomic mass is 10.0. The summed E-state index contributed by atoms with van der Waals surface area (Å²) in [5, 5.41) is 4.78. The van der Waals surface area contributed by atoms with Crippen LogP contribution in [0.1, 0.15) is 24.4 Å². The normalized spacial score (nSPS) is 13.5. The lowest BCUT2D eigenvalue weighted by Gasteiger charge is -2.21. The number of fused-ring (bicyclic) bond motifs is 7. The van der Waals surface area contributed by atoms with Crippen LogP contribution < -0.4 is 10.9 Å². The molecule has 1 aliphatic rings. The zero-order valence-corrected chi connectivity index (χ0v) is 20.2. The molecule has 182 valence electrons. The molecule has 0 saturated carbocycles. The minimum Gasteiger partial charge on any atom is -0.345 e. The first kappa shape index (κ1) is 21.6. The summed E-state index contributed by atoms with van der Waals surface area (Å²) in [5.41, 5.74) is 5.32. The van der Waals surface area contributed by atoms with Crippen LogP contribution in [0, 0.1) is 0 Å². The van der Waals surface area contributed by atoms with E-state index < -0.39 is 0 Å². The van der Waals surface area contributed by atoms with Crippen molar-refractivity contribution in [2.45, 2.75) is 32.5 Å². The van der Waals surface area contributed by atoms with Crippen molar-refractivity contribution in [1.82, 2.24) is 29.4 Å². The average Bonchev–Trinajstić information content (AvgIpc) is 3.49. The molecule has 6 aromatic rings. The van der Waals surface area contributed by atoms with E-state index in [4.69, 9.17) is 4.98 Å². The molecular formula is C29H24N6O2. The summed E-state index contributed by atoms with van der Waals surface area (Å²) in [5.74, 6) is 1.18. The number of aromatic amines is 1. The molecule has 8 nitrogen and oxygen atoms in total. The number of carbonyl (C=O) groups is 1. The molecule has 8 heteroatoms. The molecule has 0 fully saturated rings. The Morgan fingerprint density at radius 3 is 2.54 bits per heavy atom. The molecule has 0 spiro atoms. The molecule has 3 aromatic carbocycles. The fraction of sp³-hybridized carbons (Fsp3) is 0.172. The van der Waals surface area contributed by atoms with E-state index >= 15 is 0 Å². The van der Waals surface area contributed by atoms with E-state index in [0.717, 1.165) is 33.2 Å². The maximum atomic E-state index is 13.4. The van der Waals surface area contributed by atoms with Gasteiger partial charge in [-0.25, -0.2) is 9.97 Å². The van der Waals surface area contributed by atoms with E-state index in [1.807, 2.05) is 78.2 Å². The Balaban J connectivity index is 1.30. The highest BCUT2D eigenvalue weighted by Crippen LogP contribution is 2.36. The van der Waals surface area contributed by atoms with Crippen molar-refractivity contribution in [2.75, 3.05) is 0 Å². The number of rotatable bonds is 4. The number of nitrogens with one attached hydrogen (secondary N) is 2. The van der Waals surface area contributed by atoms with Crippen LogP contribution in [0.3, 0.4) is 0 Å². The van der Waals surface area contributed by atoms with Crippen LogP contribution in [0.5, 0.6) is 0 Å². The highest BCUT2D eigenvalue weighted by atomic mass is 16.2. The second kappa shape index (κ2) is 8.16. The molecule has 1 unspecified atom stereocenters. The number of aryl methyl sites for hydroxylation is 1. The Hall–Kier alpha value is -4.72. The molecule has 1 atom stereocenters. The maximum absolute atomic E-state index is 13.4. The molecule has 4 heterocycles. The van der Waals surface area contributed by atoms with Crippen LogP contribution in [0.15, 0.2) is 77.6 Å². The second-order valence-corrected chi connectivity index (χ2v) is 9.52. The number of imidazole rings is 1. The van der Waals surface area contributed by atoms with Gasteiger partial charge in [-0.1, -0.05) is 42.5 Å². The van der Waals surface area contributed by atoms with Crippen molar-refractivity contribution in [2.24, 2.45) is 0 Å². The number of para-hydroxylation sites is 4. The number of H-pyrrole nitrogens is 1. The van der Waals surface area contributed by atoms with E-state index in [1.165, 1.54) is 0 Å². The first-order chi connectivity index (χ1) is 18.1. The highest BCUT2D eigenvalue weighted by Gasteiger charge is 2.28. The van der Waals surface area contributed by atoms with Gasteiger partial charge in [-0.2, -0.15) is 0 Å². The zero-order chi connectivity index (χ0) is 25.1. The van der Waals surface area contributed by atoms with E-state index in [0.29, 0.717) is 35.5 Å². The Kier molecular flexibility index (Phi) is 4.75. The molecule has 7 rings (SSSR count). The molecule has 0 radical (unpaired) electrons. The number of carbonyl (C=O) groups excluding carboxylic acids is 1. The third-order valence-corrected chi connectivity index (χ3v) is 7.23. The lowest BCUT2D eigenvalue weighted by molar-refractivity contribution is -0.122. The Labute approximate surface area is 211 Å². The molecular weight excluding hydrogens is 464 g/mol. The second-order valence-electron chi connectivity index (χ2n) is 9.52. The number of hydrogen-bond donors (Lipinski definition) is 2. The van der Waals surface area contributed by atoms with Gasteiger partial charge in [0.05, 0.1) is 33.7 Å². The van der Waals surface area contributed by atoms with E-state index in [2.05, 4.69) is 21.4 Å². The minimum atomic E-state index is -0.297. The third-order valence-electron chi connectivity index (χ3n) is 7.23. The number of nitrogens with zero attached hydrogens (tertiary/aromatic N) is 4. The highest BCUT2D eigenvalue weighted by molar-refractivity contribution is 5.94. The van der Waals surface area contributed by atoms with Gasteiger partial charge in [-0.15, -0.1) is 0 Å². The SMILES string of the molecule is CC(NC(=O)Cn1c2c(c3ccccc31)CCn1c-2nc2ccccc2c1=O)c1nc2ccccc2[nH]1. The van der Waals surface area contributed by atoms with Gasteiger partial charge in [-0.05, 0) is 49.2 Å². The standard InChI is InChI=1S/C29H24N6O2/c1-17(27-31-22-11-5-6-12-23(22)32-27)30-25(36)16-35-24-13-7-3-8-18(24)19-14-15-34-28(26(19)35)33-21-10-4-2-9-20(21)29(34)37/h2-13,17H,14-16H2,1H3,(H,30,36)(H,31,32). The number of hydrogen-bond acceptors (Lipinski definition) is 4. The summed E-state index contributed by atoms with van der Waals surface area (Å²) in [7, 11) is 0. The van der Waals surface area contributed by atoms with Crippen molar-refractivity contribution in [3.05, 3.63) is 94.5 Å². The van der Waals surface area contributed by atoms with Crippen molar-refractivity contribution < 1.29 is 4.79 Å². The lowest BCUT2D eigenvalue weighted by Crippen LogP contribution is -2.32. The maximum Gasteiger partial charge on any atom is 0.261 e. The van der Waals surface area contributed by atoms with Crippen molar-refractivity contribution in [3.63, 3.8) is 0 Å². The van der Waals surface area contributed by atoms with Crippen molar-refractivity contribution in [1.29, 1.82) is 0 Å². The fourth-order valence-corrected chi connectivity index (χ4v) is 5.50. The zero-order valence-electron chi connectivity index (χ0n) is 20.2. The molecule has 3 aromatic heterocycles. The van der Waals surface area contributed by atoms with Gasteiger partial charge in [0.1, 0.15) is 12.4 Å². The van der Waals surface area contributed by atoms with E-state index in [1.54, 1.807) is 4.57 Å².